The minimum absolute atomic E-state index is 0. The Morgan fingerprint density at radius 1 is 1.26 bits per heavy atom. The first-order valence-corrected chi connectivity index (χ1v) is 9.47. The van der Waals surface area contributed by atoms with Crippen LogP contribution in [0.3, 0.4) is 0 Å². The van der Waals surface area contributed by atoms with Crippen LogP contribution in [0, 0.1) is 6.92 Å². The number of aryl methyl sites for hydroxylation is 1. The minimum atomic E-state index is 0. The van der Waals surface area contributed by atoms with Crippen molar-refractivity contribution in [3.63, 3.8) is 0 Å². The van der Waals surface area contributed by atoms with Gasteiger partial charge in [-0.2, -0.15) is 0 Å². The molecule has 27 heavy (non-hydrogen) atoms. The molecule has 0 aromatic heterocycles. The molecular formula is C20H35IN4O2. The van der Waals surface area contributed by atoms with E-state index in [9.17, 15) is 0 Å². The third-order valence-corrected chi connectivity index (χ3v) is 4.55. The molecule has 2 unspecified atom stereocenters. The zero-order valence-electron chi connectivity index (χ0n) is 17.2. The van der Waals surface area contributed by atoms with E-state index in [1.165, 1.54) is 5.56 Å². The Morgan fingerprint density at radius 3 is 2.59 bits per heavy atom. The summed E-state index contributed by atoms with van der Waals surface area (Å²) in [4.78, 5) is 6.78. The van der Waals surface area contributed by atoms with Crippen LogP contribution in [-0.2, 0) is 11.3 Å². The highest BCUT2D eigenvalue weighted by Crippen LogP contribution is 2.19. The summed E-state index contributed by atoms with van der Waals surface area (Å²) in [6, 6.07) is 6.24. The highest BCUT2D eigenvalue weighted by Gasteiger charge is 2.21. The third-order valence-electron chi connectivity index (χ3n) is 4.55. The fourth-order valence-corrected chi connectivity index (χ4v) is 3.37. The molecule has 1 aromatic rings. The van der Waals surface area contributed by atoms with Crippen molar-refractivity contribution in [2.75, 3.05) is 40.3 Å². The second-order valence-electron chi connectivity index (χ2n) is 7.04. The van der Waals surface area contributed by atoms with Gasteiger partial charge in [0.25, 0.3) is 0 Å². The normalized spacial score (nSPS) is 20.7. The number of benzene rings is 1. The largest absolute Gasteiger partial charge is 0.496 e. The maximum absolute atomic E-state index is 5.78. The molecule has 7 heteroatoms. The summed E-state index contributed by atoms with van der Waals surface area (Å²) in [6.07, 6.45) is 1.73. The van der Waals surface area contributed by atoms with Crippen molar-refractivity contribution in [2.24, 2.45) is 4.99 Å². The van der Waals surface area contributed by atoms with E-state index in [0.29, 0.717) is 18.8 Å². The number of methoxy groups -OCH3 is 1. The van der Waals surface area contributed by atoms with Gasteiger partial charge in [0, 0.05) is 45.3 Å². The van der Waals surface area contributed by atoms with Crippen molar-refractivity contribution in [1.82, 2.24) is 15.5 Å². The lowest BCUT2D eigenvalue weighted by Crippen LogP contribution is -2.46. The van der Waals surface area contributed by atoms with Crippen LogP contribution in [0.2, 0.25) is 0 Å². The highest BCUT2D eigenvalue weighted by molar-refractivity contribution is 14.0. The number of hydrogen-bond donors (Lipinski definition) is 2. The van der Waals surface area contributed by atoms with E-state index in [-0.39, 0.29) is 24.0 Å². The fraction of sp³-hybridized carbons (Fsp3) is 0.650. The van der Waals surface area contributed by atoms with Crippen LogP contribution in [0.25, 0.3) is 0 Å². The van der Waals surface area contributed by atoms with Gasteiger partial charge in [-0.05, 0) is 38.8 Å². The van der Waals surface area contributed by atoms with Crippen LogP contribution < -0.4 is 15.4 Å². The first-order valence-electron chi connectivity index (χ1n) is 9.47. The third kappa shape index (κ3) is 8.23. The van der Waals surface area contributed by atoms with Gasteiger partial charge in [0.15, 0.2) is 5.96 Å². The van der Waals surface area contributed by atoms with Crippen LogP contribution in [0.5, 0.6) is 5.75 Å². The Kier molecular flexibility index (Phi) is 11.0. The summed E-state index contributed by atoms with van der Waals surface area (Å²) in [5.41, 5.74) is 2.32. The number of ether oxygens (including phenoxy) is 2. The molecule has 0 spiro atoms. The average molecular weight is 490 g/mol. The number of rotatable bonds is 7. The van der Waals surface area contributed by atoms with E-state index >= 15 is 0 Å². The van der Waals surface area contributed by atoms with E-state index in [4.69, 9.17) is 9.47 Å². The zero-order valence-corrected chi connectivity index (χ0v) is 19.6. The van der Waals surface area contributed by atoms with Crippen LogP contribution in [-0.4, -0.2) is 63.4 Å². The molecule has 2 rings (SSSR count). The molecular weight excluding hydrogens is 455 g/mol. The molecule has 154 valence electrons. The van der Waals surface area contributed by atoms with E-state index < -0.39 is 0 Å². The molecule has 0 radical (unpaired) electrons. The standard InChI is InChI=1S/C20H34N4O2.HI/c1-15-7-8-18(19(11-15)25-5)12-23-20(21-4)22-9-6-10-24-13-16(2)26-17(3)14-24;/h7-8,11,16-17H,6,9-10,12-14H2,1-5H3,(H2,21,22,23);1H. The summed E-state index contributed by atoms with van der Waals surface area (Å²) in [6.45, 7) is 11.0. The second-order valence-corrected chi connectivity index (χ2v) is 7.04. The van der Waals surface area contributed by atoms with E-state index in [1.807, 2.05) is 0 Å². The summed E-state index contributed by atoms with van der Waals surface area (Å²) in [5.74, 6) is 1.72. The number of hydrogen-bond acceptors (Lipinski definition) is 4. The lowest BCUT2D eigenvalue weighted by atomic mass is 10.1. The zero-order chi connectivity index (χ0) is 18.9. The number of morpholine rings is 1. The van der Waals surface area contributed by atoms with Crippen molar-refractivity contribution in [3.05, 3.63) is 29.3 Å². The lowest BCUT2D eigenvalue weighted by molar-refractivity contribution is -0.0679. The lowest BCUT2D eigenvalue weighted by Gasteiger charge is -2.35. The van der Waals surface area contributed by atoms with Crippen molar-refractivity contribution in [3.8, 4) is 5.75 Å². The predicted molar refractivity (Wildman–Crippen MR) is 122 cm³/mol. The van der Waals surface area contributed by atoms with Gasteiger partial charge in [-0.1, -0.05) is 12.1 Å². The minimum Gasteiger partial charge on any atom is -0.496 e. The molecule has 6 nitrogen and oxygen atoms in total. The number of nitrogens with zero attached hydrogens (tertiary/aromatic N) is 2. The monoisotopic (exact) mass is 490 g/mol. The molecule has 0 aliphatic carbocycles. The number of guanidine groups is 1. The number of halogens is 1. The molecule has 1 aromatic carbocycles. The van der Waals surface area contributed by atoms with Gasteiger partial charge in [0.2, 0.25) is 0 Å². The number of nitrogens with one attached hydrogen (secondary N) is 2. The Labute approximate surface area is 181 Å². The van der Waals surface area contributed by atoms with Gasteiger partial charge in [-0.25, -0.2) is 0 Å². The maximum atomic E-state index is 5.78. The predicted octanol–water partition coefficient (Wildman–Crippen LogP) is 2.79. The van der Waals surface area contributed by atoms with Gasteiger partial charge in [-0.3, -0.25) is 9.89 Å². The van der Waals surface area contributed by atoms with Crippen molar-refractivity contribution in [1.29, 1.82) is 0 Å². The summed E-state index contributed by atoms with van der Waals surface area (Å²) >= 11 is 0. The van der Waals surface area contributed by atoms with E-state index in [2.05, 4.69) is 59.5 Å². The molecule has 0 amide bonds. The quantitative estimate of drug-likeness (QED) is 0.267. The maximum Gasteiger partial charge on any atom is 0.191 e. The second kappa shape index (κ2) is 12.4. The first kappa shape index (κ1) is 24.0. The van der Waals surface area contributed by atoms with Gasteiger partial charge in [-0.15, -0.1) is 24.0 Å². The van der Waals surface area contributed by atoms with Crippen molar-refractivity contribution >= 4 is 29.9 Å². The summed E-state index contributed by atoms with van der Waals surface area (Å²) in [5, 5.41) is 6.75. The molecule has 1 saturated heterocycles. The molecule has 1 aliphatic rings. The van der Waals surface area contributed by atoms with Crippen LogP contribution >= 0.6 is 24.0 Å². The van der Waals surface area contributed by atoms with Crippen LogP contribution in [0.1, 0.15) is 31.4 Å². The van der Waals surface area contributed by atoms with Crippen molar-refractivity contribution in [2.45, 2.75) is 45.9 Å². The summed E-state index contributed by atoms with van der Waals surface area (Å²) < 4.78 is 11.2. The molecule has 1 aliphatic heterocycles. The molecule has 0 bridgehead atoms. The van der Waals surface area contributed by atoms with Crippen LogP contribution in [0.4, 0.5) is 0 Å². The Balaban J connectivity index is 0.00000364. The van der Waals surface area contributed by atoms with E-state index in [1.54, 1.807) is 14.2 Å². The van der Waals surface area contributed by atoms with E-state index in [0.717, 1.165) is 49.9 Å². The fourth-order valence-electron chi connectivity index (χ4n) is 3.37. The average Bonchev–Trinajstić information content (AvgIpc) is 2.61. The highest BCUT2D eigenvalue weighted by atomic mass is 127. The topological polar surface area (TPSA) is 58.1 Å². The summed E-state index contributed by atoms with van der Waals surface area (Å²) in [7, 11) is 3.51. The molecule has 2 atom stereocenters. The smallest absolute Gasteiger partial charge is 0.191 e. The van der Waals surface area contributed by atoms with Gasteiger partial charge < -0.3 is 20.1 Å². The van der Waals surface area contributed by atoms with Gasteiger partial charge in [0.05, 0.1) is 19.3 Å². The first-order chi connectivity index (χ1) is 12.5. The Hall–Kier alpha value is -1.06. The van der Waals surface area contributed by atoms with Gasteiger partial charge in [0.1, 0.15) is 5.75 Å². The molecule has 1 heterocycles. The van der Waals surface area contributed by atoms with Crippen LogP contribution in [0.15, 0.2) is 23.2 Å². The SMILES string of the molecule is CN=C(NCCCN1CC(C)OC(C)C1)NCc1ccc(C)cc1OC.I. The molecule has 1 fully saturated rings. The number of aliphatic imine (C=N–C) groups is 1. The molecule has 2 N–H and O–H groups in total. The Morgan fingerprint density at radius 2 is 1.96 bits per heavy atom. The van der Waals surface area contributed by atoms with Crippen molar-refractivity contribution < 1.29 is 9.47 Å². The van der Waals surface area contributed by atoms with Gasteiger partial charge >= 0.3 is 0 Å². The molecule has 0 saturated carbocycles. The Bertz CT molecular complexity index is 587.